The molecule has 11 heteroatoms. The molecule has 0 atom stereocenters. The number of ether oxygens (including phenoxy) is 1. The lowest BCUT2D eigenvalue weighted by Crippen LogP contribution is -2.22. The van der Waals surface area contributed by atoms with Crippen molar-refractivity contribution in [2.75, 3.05) is 13.7 Å². The fraction of sp³-hybridized carbons (Fsp3) is 0.316. The predicted molar refractivity (Wildman–Crippen MR) is 107 cm³/mol. The Balaban J connectivity index is 0.000000181. The Bertz CT molecular complexity index is 1330. The van der Waals surface area contributed by atoms with Crippen molar-refractivity contribution in [3.8, 4) is 0 Å². The van der Waals surface area contributed by atoms with Gasteiger partial charge in [-0.1, -0.05) is 12.1 Å². The largest absolute Gasteiger partial charge is 0.469 e. The van der Waals surface area contributed by atoms with Crippen molar-refractivity contribution in [3.05, 3.63) is 69.8 Å². The van der Waals surface area contributed by atoms with E-state index in [1.807, 2.05) is 0 Å². The van der Waals surface area contributed by atoms with Crippen LogP contribution in [-0.4, -0.2) is 53.1 Å². The van der Waals surface area contributed by atoms with Crippen molar-refractivity contribution in [3.63, 3.8) is 0 Å². The van der Waals surface area contributed by atoms with E-state index in [9.17, 15) is 14.4 Å². The van der Waals surface area contributed by atoms with E-state index in [-0.39, 0.29) is 43.3 Å². The number of esters is 1. The summed E-state index contributed by atoms with van der Waals surface area (Å²) in [6, 6.07) is 10.4. The molecular weight excluding hydrogens is 392 g/mol. The lowest BCUT2D eigenvalue weighted by Gasteiger charge is -1.97. The van der Waals surface area contributed by atoms with Gasteiger partial charge in [0.2, 0.25) is 0 Å². The minimum absolute atomic E-state index is 0.0456. The zero-order valence-electron chi connectivity index (χ0n) is 18.2. The van der Waals surface area contributed by atoms with Crippen molar-refractivity contribution in [1.82, 2.24) is 28.4 Å². The molecule has 0 unspecified atom stereocenters. The first-order valence-electron chi connectivity index (χ1n) is 10.1. The molecule has 0 saturated heterocycles. The van der Waals surface area contributed by atoms with Gasteiger partial charge in [0.05, 0.1) is 22.8 Å². The molecule has 0 aliphatic rings. The van der Waals surface area contributed by atoms with Crippen LogP contribution in [0, 0.1) is 0 Å². The van der Waals surface area contributed by atoms with Crippen LogP contribution in [0.2, 0.25) is 0 Å². The van der Waals surface area contributed by atoms with Crippen molar-refractivity contribution in [2.24, 2.45) is 0 Å². The molecule has 11 nitrogen and oxygen atoms in total. The number of carbonyl (C=O) groups is 1. The molecule has 1 N–H and O–H groups in total. The predicted octanol–water partition coefficient (Wildman–Crippen LogP) is -0.0625. The summed E-state index contributed by atoms with van der Waals surface area (Å²) < 4.78 is 23.6. The molecule has 158 valence electrons. The minimum Gasteiger partial charge on any atom is -0.469 e. The number of aryl methyl sites for hydroxylation is 2. The second-order valence-electron chi connectivity index (χ2n) is 6.10. The summed E-state index contributed by atoms with van der Waals surface area (Å²) in [5.41, 5.74) is 0.489. The third kappa shape index (κ3) is 4.63. The summed E-state index contributed by atoms with van der Waals surface area (Å²) in [7, 11) is 1.31. The first-order chi connectivity index (χ1) is 15.2. The van der Waals surface area contributed by atoms with E-state index in [4.69, 9.17) is 7.85 Å². The van der Waals surface area contributed by atoms with Crippen molar-refractivity contribution in [2.45, 2.75) is 25.9 Å². The van der Waals surface area contributed by atoms with Crippen LogP contribution in [0.5, 0.6) is 0 Å². The molecule has 4 heterocycles. The molecule has 0 spiro atoms. The summed E-state index contributed by atoms with van der Waals surface area (Å²) in [6.45, 7) is -2.01. The van der Waals surface area contributed by atoms with Crippen LogP contribution in [0.15, 0.2) is 58.4 Å². The number of carbonyl (C=O) groups excluding carboxylic acids is 1. The van der Waals surface area contributed by atoms with E-state index >= 15 is 0 Å². The second-order valence-corrected chi connectivity index (χ2v) is 6.10. The standard InChI is InChI=1S/C10H11N3O3.C9H11N3O2/c1-16-9(14)5-7-13-10(15)12-6-3-2-4-8(12)11-13;13-7-3-6-12-9(14)11-5-2-1-4-8(11)10-12/h2-4,6H,5,7H2,1H3;1-2,4-5,13H,3,6-7H2/i;7D2. The molecule has 4 aromatic rings. The average Bonchev–Trinajstić information content (AvgIpc) is 3.27. The fourth-order valence-corrected chi connectivity index (χ4v) is 2.68. The summed E-state index contributed by atoms with van der Waals surface area (Å²) in [5, 5.41) is 17.0. The van der Waals surface area contributed by atoms with Gasteiger partial charge < -0.3 is 9.84 Å². The molecule has 0 aliphatic heterocycles. The fourth-order valence-electron chi connectivity index (χ4n) is 2.68. The van der Waals surface area contributed by atoms with Crippen LogP contribution < -0.4 is 11.4 Å². The van der Waals surface area contributed by atoms with Gasteiger partial charge in [-0.3, -0.25) is 13.6 Å². The number of fused-ring (bicyclic) bond motifs is 2. The first kappa shape index (κ1) is 18.3. The second kappa shape index (κ2) is 9.65. The van der Waals surface area contributed by atoms with Gasteiger partial charge in [-0.05, 0) is 30.7 Å². The summed E-state index contributed by atoms with van der Waals surface area (Å²) in [4.78, 5) is 34.4. The topological polar surface area (TPSA) is 125 Å². The molecule has 4 rings (SSSR count). The van der Waals surface area contributed by atoms with Crippen LogP contribution in [0.3, 0.4) is 0 Å². The minimum atomic E-state index is -2.28. The third-order valence-electron chi connectivity index (χ3n) is 4.17. The number of hydrogen-bond acceptors (Lipinski definition) is 7. The highest BCUT2D eigenvalue weighted by Gasteiger charge is 2.08. The monoisotopic (exact) mass is 416 g/mol. The van der Waals surface area contributed by atoms with Crippen LogP contribution in [-0.2, 0) is 22.6 Å². The number of pyridine rings is 2. The normalized spacial score (nSPS) is 12.2. The number of rotatable bonds is 6. The summed E-state index contributed by atoms with van der Waals surface area (Å²) >= 11 is 0. The lowest BCUT2D eigenvalue weighted by molar-refractivity contribution is -0.140. The SMILES string of the molecule is COC(=O)CCn1nc2ccccn2c1=O.[2H]C([2H])(O)CCn1nc2ccccn2c1=O. The Morgan fingerprint density at radius 2 is 1.53 bits per heavy atom. The molecule has 4 aromatic heterocycles. The lowest BCUT2D eigenvalue weighted by atomic mass is 10.4. The van der Waals surface area contributed by atoms with E-state index in [1.54, 1.807) is 48.8 Å². The van der Waals surface area contributed by atoms with E-state index in [2.05, 4.69) is 14.9 Å². The molecule has 0 amide bonds. The van der Waals surface area contributed by atoms with Gasteiger partial charge in [0, 0.05) is 25.5 Å². The molecule has 0 aliphatic carbocycles. The van der Waals surface area contributed by atoms with Gasteiger partial charge in [-0.25, -0.2) is 19.0 Å². The maximum absolute atomic E-state index is 11.7. The van der Waals surface area contributed by atoms with Gasteiger partial charge >= 0.3 is 17.3 Å². The maximum atomic E-state index is 11.7. The smallest absolute Gasteiger partial charge is 0.350 e. The van der Waals surface area contributed by atoms with Gasteiger partial charge in [0.15, 0.2) is 11.3 Å². The zero-order valence-corrected chi connectivity index (χ0v) is 16.2. The van der Waals surface area contributed by atoms with E-state index in [0.29, 0.717) is 11.3 Å². The van der Waals surface area contributed by atoms with Crippen LogP contribution in [0.1, 0.15) is 15.6 Å². The van der Waals surface area contributed by atoms with Crippen molar-refractivity contribution in [1.29, 1.82) is 0 Å². The summed E-state index contributed by atoms with van der Waals surface area (Å²) in [5.74, 6) is -0.357. The van der Waals surface area contributed by atoms with Gasteiger partial charge in [-0.2, -0.15) is 0 Å². The molecule has 0 saturated carbocycles. The van der Waals surface area contributed by atoms with Crippen LogP contribution >= 0.6 is 0 Å². The molecule has 0 radical (unpaired) electrons. The van der Waals surface area contributed by atoms with E-state index < -0.39 is 6.56 Å². The number of methoxy groups -OCH3 is 1. The van der Waals surface area contributed by atoms with Gasteiger partial charge in [0.1, 0.15) is 0 Å². The maximum Gasteiger partial charge on any atom is 0.350 e. The van der Waals surface area contributed by atoms with Gasteiger partial charge in [0.25, 0.3) is 0 Å². The van der Waals surface area contributed by atoms with Crippen molar-refractivity contribution < 1.29 is 17.4 Å². The van der Waals surface area contributed by atoms with E-state index in [1.165, 1.54) is 20.6 Å². The van der Waals surface area contributed by atoms with E-state index in [0.717, 1.165) is 4.68 Å². The third-order valence-corrected chi connectivity index (χ3v) is 4.17. The highest BCUT2D eigenvalue weighted by molar-refractivity contribution is 5.68. The van der Waals surface area contributed by atoms with Crippen molar-refractivity contribution >= 4 is 17.3 Å². The summed E-state index contributed by atoms with van der Waals surface area (Å²) in [6.07, 6.45) is 3.20. The zero-order chi connectivity index (χ0) is 23.3. The van der Waals surface area contributed by atoms with Gasteiger partial charge in [-0.15, -0.1) is 10.2 Å². The molecular formula is C19H22N6O5. The quantitative estimate of drug-likeness (QED) is 0.437. The molecule has 30 heavy (non-hydrogen) atoms. The average molecular weight is 416 g/mol. The Hall–Kier alpha value is -3.73. The Kier molecular flexibility index (Phi) is 5.89. The number of aliphatic hydroxyl groups is 1. The van der Waals surface area contributed by atoms with Crippen LogP contribution in [0.4, 0.5) is 0 Å². The van der Waals surface area contributed by atoms with Crippen LogP contribution in [0.25, 0.3) is 11.3 Å². The molecule has 0 bridgehead atoms. The Morgan fingerprint density at radius 3 is 2.00 bits per heavy atom. The molecule has 0 fully saturated rings. The number of nitrogens with zero attached hydrogens (tertiary/aromatic N) is 6. The first-order valence-corrected chi connectivity index (χ1v) is 9.07. The molecule has 0 aromatic carbocycles. The number of hydrogen-bond donors (Lipinski definition) is 1. The Morgan fingerprint density at radius 1 is 1.00 bits per heavy atom. The highest BCUT2D eigenvalue weighted by atomic mass is 16.5. The Labute approximate surface area is 173 Å². The number of aromatic nitrogens is 6. The highest BCUT2D eigenvalue weighted by Crippen LogP contribution is 1.97.